The number of aromatic nitrogens is 2. The first kappa shape index (κ1) is 15.7. The first-order valence-electron chi connectivity index (χ1n) is 7.60. The SMILES string of the molecule is CCn1cc(C(=O)O)c(=O)c2ccc(C=Cc3ccccc3)nc21. The van der Waals surface area contributed by atoms with Crippen LogP contribution in [0.3, 0.4) is 0 Å². The van der Waals surface area contributed by atoms with Gasteiger partial charge in [0, 0.05) is 12.7 Å². The van der Waals surface area contributed by atoms with Crippen LogP contribution < -0.4 is 5.43 Å². The molecule has 3 aromatic rings. The maximum Gasteiger partial charge on any atom is 0.341 e. The van der Waals surface area contributed by atoms with Gasteiger partial charge in [-0.2, -0.15) is 0 Å². The molecule has 0 aliphatic heterocycles. The van der Waals surface area contributed by atoms with E-state index in [-0.39, 0.29) is 5.56 Å². The van der Waals surface area contributed by atoms with Crippen LogP contribution in [0.4, 0.5) is 0 Å². The summed E-state index contributed by atoms with van der Waals surface area (Å²) >= 11 is 0. The average molecular weight is 320 g/mol. The van der Waals surface area contributed by atoms with E-state index in [0.717, 1.165) is 5.56 Å². The highest BCUT2D eigenvalue weighted by atomic mass is 16.4. The summed E-state index contributed by atoms with van der Waals surface area (Å²) in [6.07, 6.45) is 5.16. The van der Waals surface area contributed by atoms with Crippen LogP contribution in [-0.4, -0.2) is 20.6 Å². The zero-order valence-electron chi connectivity index (χ0n) is 13.1. The van der Waals surface area contributed by atoms with Gasteiger partial charge < -0.3 is 9.67 Å². The van der Waals surface area contributed by atoms with Crippen LogP contribution in [0.25, 0.3) is 23.2 Å². The Labute approximate surface area is 138 Å². The van der Waals surface area contributed by atoms with E-state index in [1.807, 2.05) is 49.4 Å². The lowest BCUT2D eigenvalue weighted by molar-refractivity contribution is 0.0695. The van der Waals surface area contributed by atoms with E-state index in [1.54, 1.807) is 16.7 Å². The van der Waals surface area contributed by atoms with E-state index in [1.165, 1.54) is 6.20 Å². The summed E-state index contributed by atoms with van der Waals surface area (Å²) in [5.41, 5.74) is 1.50. The molecule has 0 saturated carbocycles. The molecule has 1 aromatic carbocycles. The van der Waals surface area contributed by atoms with Crippen LogP contribution in [0.1, 0.15) is 28.5 Å². The lowest BCUT2D eigenvalue weighted by Crippen LogP contribution is -2.19. The molecule has 2 aromatic heterocycles. The second-order valence-electron chi connectivity index (χ2n) is 5.31. The highest BCUT2D eigenvalue weighted by molar-refractivity contribution is 5.92. The molecule has 5 nitrogen and oxygen atoms in total. The number of pyridine rings is 2. The number of benzene rings is 1. The van der Waals surface area contributed by atoms with E-state index in [2.05, 4.69) is 4.98 Å². The van der Waals surface area contributed by atoms with Crippen LogP contribution in [0.15, 0.2) is 53.5 Å². The van der Waals surface area contributed by atoms with Crippen molar-refractivity contribution >= 4 is 29.2 Å². The molecule has 5 heteroatoms. The average Bonchev–Trinajstić information content (AvgIpc) is 2.61. The predicted molar refractivity (Wildman–Crippen MR) is 94.0 cm³/mol. The van der Waals surface area contributed by atoms with Gasteiger partial charge >= 0.3 is 5.97 Å². The van der Waals surface area contributed by atoms with E-state index in [0.29, 0.717) is 23.3 Å². The highest BCUT2D eigenvalue weighted by Gasteiger charge is 2.14. The van der Waals surface area contributed by atoms with E-state index in [4.69, 9.17) is 5.11 Å². The van der Waals surface area contributed by atoms with Crippen molar-refractivity contribution in [2.45, 2.75) is 13.5 Å². The minimum Gasteiger partial charge on any atom is -0.477 e. The molecule has 0 spiro atoms. The first-order valence-corrected chi connectivity index (χ1v) is 7.60. The largest absolute Gasteiger partial charge is 0.477 e. The molecule has 0 bridgehead atoms. The fourth-order valence-electron chi connectivity index (χ4n) is 2.51. The van der Waals surface area contributed by atoms with Gasteiger partial charge in [0.05, 0.1) is 11.1 Å². The summed E-state index contributed by atoms with van der Waals surface area (Å²) in [5, 5.41) is 9.48. The third kappa shape index (κ3) is 2.96. The van der Waals surface area contributed by atoms with Crippen molar-refractivity contribution in [3.8, 4) is 0 Å². The molecule has 1 N–H and O–H groups in total. The van der Waals surface area contributed by atoms with Crippen LogP contribution in [-0.2, 0) is 6.54 Å². The molecule has 2 heterocycles. The third-order valence-electron chi connectivity index (χ3n) is 3.76. The normalized spacial score (nSPS) is 11.2. The van der Waals surface area contributed by atoms with Crippen molar-refractivity contribution in [2.75, 3.05) is 0 Å². The molecule has 0 aliphatic rings. The van der Waals surface area contributed by atoms with Crippen molar-refractivity contribution < 1.29 is 9.90 Å². The number of rotatable bonds is 4. The van der Waals surface area contributed by atoms with Crippen molar-refractivity contribution in [3.05, 3.63) is 75.7 Å². The number of carbonyl (C=O) groups is 1. The monoisotopic (exact) mass is 320 g/mol. The van der Waals surface area contributed by atoms with Crippen LogP contribution >= 0.6 is 0 Å². The van der Waals surface area contributed by atoms with E-state index >= 15 is 0 Å². The maximum absolute atomic E-state index is 12.3. The van der Waals surface area contributed by atoms with Gasteiger partial charge in [-0.25, -0.2) is 9.78 Å². The Hall–Kier alpha value is -3.21. The molecule has 0 atom stereocenters. The van der Waals surface area contributed by atoms with Crippen LogP contribution in [0, 0.1) is 0 Å². The molecule has 3 rings (SSSR count). The molecule has 0 radical (unpaired) electrons. The topological polar surface area (TPSA) is 72.2 Å². The summed E-state index contributed by atoms with van der Waals surface area (Å²) in [4.78, 5) is 28.0. The Morgan fingerprint density at radius 3 is 2.58 bits per heavy atom. The summed E-state index contributed by atoms with van der Waals surface area (Å²) < 4.78 is 1.68. The molecule has 24 heavy (non-hydrogen) atoms. The fraction of sp³-hybridized carbons (Fsp3) is 0.105. The highest BCUT2D eigenvalue weighted by Crippen LogP contribution is 2.13. The second-order valence-corrected chi connectivity index (χ2v) is 5.31. The minimum absolute atomic E-state index is 0.237. The smallest absolute Gasteiger partial charge is 0.341 e. The van der Waals surface area contributed by atoms with E-state index in [9.17, 15) is 9.59 Å². The Balaban J connectivity index is 2.11. The van der Waals surface area contributed by atoms with Gasteiger partial charge in [0.15, 0.2) is 0 Å². The molecule has 0 unspecified atom stereocenters. The van der Waals surface area contributed by atoms with Gasteiger partial charge in [-0.05, 0) is 30.7 Å². The second kappa shape index (κ2) is 6.50. The summed E-state index contributed by atoms with van der Waals surface area (Å²) in [5.74, 6) is -1.22. The minimum atomic E-state index is -1.22. The Kier molecular flexibility index (Phi) is 4.24. The Morgan fingerprint density at radius 2 is 1.92 bits per heavy atom. The van der Waals surface area contributed by atoms with E-state index < -0.39 is 11.4 Å². The van der Waals surface area contributed by atoms with Gasteiger partial charge in [0.2, 0.25) is 5.43 Å². The zero-order valence-corrected chi connectivity index (χ0v) is 13.1. The number of carboxylic acid groups (broad SMARTS) is 1. The zero-order chi connectivity index (χ0) is 17.1. The van der Waals surface area contributed by atoms with Crippen LogP contribution in [0.5, 0.6) is 0 Å². The standard InChI is InChI=1S/C19H16N2O3/c1-2-21-12-16(19(23)24)17(22)15-11-10-14(20-18(15)21)9-8-13-6-4-3-5-7-13/h3-12H,2H2,1H3,(H,23,24). The van der Waals surface area contributed by atoms with Crippen molar-refractivity contribution in [1.29, 1.82) is 0 Å². The Morgan fingerprint density at radius 1 is 1.17 bits per heavy atom. The number of hydrogen-bond donors (Lipinski definition) is 1. The maximum atomic E-state index is 12.3. The van der Waals surface area contributed by atoms with Gasteiger partial charge in [-0.15, -0.1) is 0 Å². The molecule has 0 aliphatic carbocycles. The molecule has 120 valence electrons. The number of fused-ring (bicyclic) bond motifs is 1. The van der Waals surface area contributed by atoms with Crippen LogP contribution in [0.2, 0.25) is 0 Å². The van der Waals surface area contributed by atoms with Gasteiger partial charge in [-0.1, -0.05) is 36.4 Å². The molecule has 0 saturated heterocycles. The number of aryl methyl sites for hydroxylation is 1. The molecule has 0 amide bonds. The number of carboxylic acids is 1. The molecular weight excluding hydrogens is 304 g/mol. The van der Waals surface area contributed by atoms with Gasteiger partial charge in [0.1, 0.15) is 11.2 Å². The first-order chi connectivity index (χ1) is 11.6. The van der Waals surface area contributed by atoms with Crippen molar-refractivity contribution in [3.63, 3.8) is 0 Å². The van der Waals surface area contributed by atoms with Crippen molar-refractivity contribution in [2.24, 2.45) is 0 Å². The quantitative estimate of drug-likeness (QED) is 0.800. The number of hydrogen-bond acceptors (Lipinski definition) is 3. The number of aromatic carboxylic acids is 1. The molecule has 0 fully saturated rings. The number of nitrogens with zero attached hydrogens (tertiary/aromatic N) is 2. The van der Waals surface area contributed by atoms with Gasteiger partial charge in [-0.3, -0.25) is 4.79 Å². The lowest BCUT2D eigenvalue weighted by Gasteiger charge is -2.09. The predicted octanol–water partition coefficient (Wildman–Crippen LogP) is 3.29. The summed E-state index contributed by atoms with van der Waals surface area (Å²) in [6.45, 7) is 2.40. The summed E-state index contributed by atoms with van der Waals surface area (Å²) in [7, 11) is 0. The third-order valence-corrected chi connectivity index (χ3v) is 3.76. The Bertz CT molecular complexity index is 989. The lowest BCUT2D eigenvalue weighted by atomic mass is 10.1. The summed E-state index contributed by atoms with van der Waals surface area (Å²) in [6, 6.07) is 13.2. The fourth-order valence-corrected chi connectivity index (χ4v) is 2.51. The van der Waals surface area contributed by atoms with Gasteiger partial charge in [0.25, 0.3) is 0 Å². The molecular formula is C19H16N2O3. The van der Waals surface area contributed by atoms with Crippen molar-refractivity contribution in [1.82, 2.24) is 9.55 Å².